The molecule has 0 fully saturated rings. The number of hydrogen-bond acceptors (Lipinski definition) is 5. The Morgan fingerprint density at radius 1 is 1.48 bits per heavy atom. The van der Waals surface area contributed by atoms with Crippen LogP contribution in [-0.2, 0) is 28.3 Å². The summed E-state index contributed by atoms with van der Waals surface area (Å²) in [5, 5.41) is 15.9. The van der Waals surface area contributed by atoms with E-state index in [0.29, 0.717) is 6.42 Å². The number of fused-ring (bicyclic) bond motifs is 1. The van der Waals surface area contributed by atoms with Crippen molar-refractivity contribution in [3.05, 3.63) is 27.7 Å². The third kappa shape index (κ3) is 4.82. The summed E-state index contributed by atoms with van der Waals surface area (Å²) < 4.78 is 1.11. The molecule has 0 bridgehead atoms. The van der Waals surface area contributed by atoms with Crippen molar-refractivity contribution in [1.82, 2.24) is 15.1 Å². The number of carboxylic acids is 1. The van der Waals surface area contributed by atoms with Crippen LogP contribution in [0.25, 0.3) is 0 Å². The molecule has 1 unspecified atom stereocenters. The van der Waals surface area contributed by atoms with Gasteiger partial charge in [0.05, 0.1) is 5.69 Å². The first-order valence-electron chi connectivity index (χ1n) is 7.56. The molecule has 1 amide bonds. The van der Waals surface area contributed by atoms with Crippen molar-refractivity contribution in [3.8, 4) is 0 Å². The summed E-state index contributed by atoms with van der Waals surface area (Å²) in [5.74, 6) is 0.256. The van der Waals surface area contributed by atoms with Gasteiger partial charge in [-0.25, -0.2) is 9.48 Å². The highest BCUT2D eigenvalue weighted by molar-refractivity contribution is 7.98. The summed E-state index contributed by atoms with van der Waals surface area (Å²) >= 11 is 1.75. The van der Waals surface area contributed by atoms with Crippen LogP contribution in [-0.4, -0.2) is 38.6 Å². The van der Waals surface area contributed by atoms with Gasteiger partial charge in [-0.05, 0) is 23.7 Å². The van der Waals surface area contributed by atoms with Crippen LogP contribution in [0.2, 0.25) is 0 Å². The van der Waals surface area contributed by atoms with Crippen molar-refractivity contribution < 1.29 is 14.7 Å². The summed E-state index contributed by atoms with van der Waals surface area (Å²) in [6.45, 7) is 3.51. The zero-order valence-corrected chi connectivity index (χ0v) is 14.1. The maximum absolute atomic E-state index is 12.1. The molecule has 1 aromatic heterocycles. The van der Waals surface area contributed by atoms with Gasteiger partial charge >= 0.3 is 5.97 Å². The van der Waals surface area contributed by atoms with E-state index in [4.69, 9.17) is 5.11 Å². The lowest BCUT2D eigenvalue weighted by Gasteiger charge is -2.18. The van der Waals surface area contributed by atoms with E-state index in [9.17, 15) is 14.4 Å². The number of carbonyl (C=O) groups excluding carboxylic acids is 1. The average molecular weight is 339 g/mol. The van der Waals surface area contributed by atoms with Crippen molar-refractivity contribution >= 4 is 23.6 Å². The molecule has 23 heavy (non-hydrogen) atoms. The maximum Gasteiger partial charge on any atom is 0.326 e. The fourth-order valence-electron chi connectivity index (χ4n) is 2.43. The van der Waals surface area contributed by atoms with E-state index in [-0.39, 0.29) is 18.0 Å². The smallest absolute Gasteiger partial charge is 0.326 e. The van der Waals surface area contributed by atoms with Gasteiger partial charge in [0.1, 0.15) is 12.6 Å². The van der Waals surface area contributed by atoms with Crippen molar-refractivity contribution in [2.75, 3.05) is 5.75 Å². The Hall–Kier alpha value is -1.83. The highest BCUT2D eigenvalue weighted by atomic mass is 32.2. The Labute approximate surface area is 138 Å². The van der Waals surface area contributed by atoms with Crippen LogP contribution >= 0.6 is 11.8 Å². The van der Waals surface area contributed by atoms with Gasteiger partial charge in [0.2, 0.25) is 5.91 Å². The number of nitrogens with one attached hydrogen (secondary N) is 1. The molecule has 1 aromatic rings. The van der Waals surface area contributed by atoms with E-state index in [1.807, 2.05) is 13.8 Å². The molecule has 2 heterocycles. The van der Waals surface area contributed by atoms with Gasteiger partial charge in [-0.15, -0.1) is 0 Å². The molecule has 0 saturated heterocycles. The van der Waals surface area contributed by atoms with Gasteiger partial charge < -0.3 is 10.4 Å². The molecule has 1 atom stereocenters. The molecule has 0 radical (unpaired) electrons. The topological polar surface area (TPSA) is 101 Å². The fraction of sp³-hybridized carbons (Fsp3) is 0.600. The van der Waals surface area contributed by atoms with Gasteiger partial charge in [-0.2, -0.15) is 16.9 Å². The first kappa shape index (κ1) is 17.5. The SMILES string of the molecule is CC(C)CC(NC(=O)Cn1nc2c(cc1=O)CSCC2)C(=O)O. The Morgan fingerprint density at radius 3 is 2.87 bits per heavy atom. The van der Waals surface area contributed by atoms with E-state index in [0.717, 1.165) is 33.9 Å². The quantitative estimate of drug-likeness (QED) is 0.789. The van der Waals surface area contributed by atoms with Gasteiger partial charge in [0, 0.05) is 18.2 Å². The standard InChI is InChI=1S/C15H21N3O4S/c1-9(2)5-12(15(21)22)16-13(19)7-18-14(20)6-10-8-23-4-3-11(10)17-18/h6,9,12H,3-5,7-8H2,1-2H3,(H,16,19)(H,21,22). The van der Waals surface area contributed by atoms with E-state index in [1.54, 1.807) is 11.8 Å². The van der Waals surface area contributed by atoms with Crippen molar-refractivity contribution in [1.29, 1.82) is 0 Å². The van der Waals surface area contributed by atoms with Crippen LogP contribution in [0, 0.1) is 5.92 Å². The van der Waals surface area contributed by atoms with Gasteiger partial charge in [0.25, 0.3) is 5.56 Å². The molecule has 126 valence electrons. The van der Waals surface area contributed by atoms with Crippen LogP contribution in [0.1, 0.15) is 31.5 Å². The summed E-state index contributed by atoms with van der Waals surface area (Å²) in [6.07, 6.45) is 1.11. The van der Waals surface area contributed by atoms with Crippen LogP contribution < -0.4 is 10.9 Å². The van der Waals surface area contributed by atoms with Gasteiger partial charge in [-0.1, -0.05) is 13.8 Å². The first-order chi connectivity index (χ1) is 10.9. The third-order valence-corrected chi connectivity index (χ3v) is 4.55. The number of rotatable bonds is 6. The number of aliphatic carboxylic acids is 1. The second kappa shape index (κ2) is 7.63. The van der Waals surface area contributed by atoms with Gasteiger partial charge in [0.15, 0.2) is 0 Å². The molecule has 0 saturated carbocycles. The van der Waals surface area contributed by atoms with Crippen molar-refractivity contribution in [2.24, 2.45) is 5.92 Å². The summed E-state index contributed by atoms with van der Waals surface area (Å²) in [5.41, 5.74) is 1.43. The molecular formula is C15H21N3O4S. The number of nitrogens with zero attached hydrogens (tertiary/aromatic N) is 2. The summed E-state index contributed by atoms with van der Waals surface area (Å²) in [4.78, 5) is 35.2. The van der Waals surface area contributed by atoms with Crippen LogP contribution in [0.4, 0.5) is 0 Å². The summed E-state index contributed by atoms with van der Waals surface area (Å²) in [7, 11) is 0. The molecule has 0 spiro atoms. The van der Waals surface area contributed by atoms with Crippen LogP contribution in [0.3, 0.4) is 0 Å². The van der Waals surface area contributed by atoms with Crippen LogP contribution in [0.5, 0.6) is 0 Å². The predicted molar refractivity (Wildman–Crippen MR) is 87.4 cm³/mol. The summed E-state index contributed by atoms with van der Waals surface area (Å²) in [6, 6.07) is 0.567. The number of amides is 1. The molecule has 7 nitrogen and oxygen atoms in total. The van der Waals surface area contributed by atoms with E-state index >= 15 is 0 Å². The molecule has 0 aliphatic carbocycles. The molecule has 1 aliphatic heterocycles. The highest BCUT2D eigenvalue weighted by Gasteiger charge is 2.22. The number of aryl methyl sites for hydroxylation is 1. The number of carboxylic acid groups (broad SMARTS) is 1. The Morgan fingerprint density at radius 2 is 2.22 bits per heavy atom. The third-order valence-electron chi connectivity index (χ3n) is 3.54. The first-order valence-corrected chi connectivity index (χ1v) is 8.72. The maximum atomic E-state index is 12.1. The number of carbonyl (C=O) groups is 2. The average Bonchev–Trinajstić information content (AvgIpc) is 2.46. The molecule has 8 heteroatoms. The van der Waals surface area contributed by atoms with E-state index in [1.165, 1.54) is 6.07 Å². The van der Waals surface area contributed by atoms with Crippen molar-refractivity contribution in [3.63, 3.8) is 0 Å². The molecule has 2 rings (SSSR count). The lowest BCUT2D eigenvalue weighted by atomic mass is 10.0. The zero-order valence-electron chi connectivity index (χ0n) is 13.2. The Balaban J connectivity index is 2.07. The number of aromatic nitrogens is 2. The second-order valence-electron chi connectivity index (χ2n) is 6.00. The minimum atomic E-state index is -1.07. The molecule has 0 aromatic carbocycles. The minimum absolute atomic E-state index is 0.137. The van der Waals surface area contributed by atoms with E-state index < -0.39 is 17.9 Å². The normalized spacial score (nSPS) is 15.1. The van der Waals surface area contributed by atoms with Crippen molar-refractivity contribution in [2.45, 2.75) is 45.0 Å². The Bertz CT molecular complexity index is 657. The molecule has 2 N–H and O–H groups in total. The lowest BCUT2D eigenvalue weighted by Crippen LogP contribution is -2.44. The number of hydrogen-bond donors (Lipinski definition) is 2. The largest absolute Gasteiger partial charge is 0.480 e. The molecular weight excluding hydrogens is 318 g/mol. The predicted octanol–water partition coefficient (Wildman–Crippen LogP) is 0.648. The zero-order chi connectivity index (χ0) is 17.0. The monoisotopic (exact) mass is 339 g/mol. The lowest BCUT2D eigenvalue weighted by molar-refractivity contribution is -0.142. The molecule has 1 aliphatic rings. The van der Waals surface area contributed by atoms with Gasteiger partial charge in [-0.3, -0.25) is 9.59 Å². The highest BCUT2D eigenvalue weighted by Crippen LogP contribution is 2.21. The second-order valence-corrected chi connectivity index (χ2v) is 7.11. The Kier molecular flexibility index (Phi) is 5.81. The number of thioether (sulfide) groups is 1. The van der Waals surface area contributed by atoms with Crippen LogP contribution in [0.15, 0.2) is 10.9 Å². The minimum Gasteiger partial charge on any atom is -0.480 e. The van der Waals surface area contributed by atoms with E-state index in [2.05, 4.69) is 10.4 Å². The fourth-order valence-corrected chi connectivity index (χ4v) is 3.39.